The van der Waals surface area contributed by atoms with Gasteiger partial charge in [0, 0.05) is 10.2 Å². The second-order valence-electron chi connectivity index (χ2n) is 5.25. The highest BCUT2D eigenvalue weighted by Crippen LogP contribution is 2.18. The maximum atomic E-state index is 9.21. The minimum atomic E-state index is -0.0834. The van der Waals surface area contributed by atoms with Gasteiger partial charge < -0.3 is 5.32 Å². The predicted molar refractivity (Wildman–Crippen MR) is 89.8 cm³/mol. The van der Waals surface area contributed by atoms with Gasteiger partial charge in [-0.1, -0.05) is 73.9 Å². The van der Waals surface area contributed by atoms with Crippen molar-refractivity contribution in [2.45, 2.75) is 64.3 Å². The van der Waals surface area contributed by atoms with Crippen LogP contribution >= 0.6 is 15.9 Å². The van der Waals surface area contributed by atoms with Gasteiger partial charge in [0.1, 0.15) is 6.04 Å². The summed E-state index contributed by atoms with van der Waals surface area (Å²) in [5, 5.41) is 12.5. The molecule has 20 heavy (non-hydrogen) atoms. The van der Waals surface area contributed by atoms with Crippen molar-refractivity contribution >= 4 is 21.6 Å². The quantitative estimate of drug-likeness (QED) is 0.540. The molecule has 1 unspecified atom stereocenters. The van der Waals surface area contributed by atoms with Crippen LogP contribution < -0.4 is 5.32 Å². The molecule has 1 aromatic carbocycles. The second-order valence-corrected chi connectivity index (χ2v) is 6.16. The lowest BCUT2D eigenvalue weighted by molar-refractivity contribution is 0.569. The highest BCUT2D eigenvalue weighted by molar-refractivity contribution is 9.10. The minimum absolute atomic E-state index is 0.0834. The first-order valence-corrected chi connectivity index (χ1v) is 8.47. The van der Waals surface area contributed by atoms with Gasteiger partial charge >= 0.3 is 0 Å². The third-order valence-corrected chi connectivity index (χ3v) is 3.91. The van der Waals surface area contributed by atoms with Crippen molar-refractivity contribution in [3.05, 3.63) is 28.7 Å². The fourth-order valence-electron chi connectivity index (χ4n) is 2.25. The molecule has 2 nitrogen and oxygen atoms in total. The van der Waals surface area contributed by atoms with Crippen LogP contribution in [0.25, 0.3) is 0 Å². The fourth-order valence-corrected chi connectivity index (χ4v) is 2.65. The average molecular weight is 337 g/mol. The summed E-state index contributed by atoms with van der Waals surface area (Å²) in [6.07, 6.45) is 9.94. The Morgan fingerprint density at radius 2 is 1.85 bits per heavy atom. The van der Waals surface area contributed by atoms with Gasteiger partial charge in [-0.25, -0.2) is 0 Å². The molecule has 0 amide bonds. The molecule has 1 aromatic rings. The standard InChI is InChI=1S/C17H25BrN2/c1-2-3-4-5-6-7-8-11-17(14-19)20-16-12-9-10-15(18)13-16/h9-10,12-13,17,20H,2-8,11H2,1H3. The number of hydrogen-bond acceptors (Lipinski definition) is 2. The Morgan fingerprint density at radius 3 is 2.50 bits per heavy atom. The molecule has 0 fully saturated rings. The molecule has 0 aliphatic heterocycles. The van der Waals surface area contributed by atoms with Gasteiger partial charge in [0.25, 0.3) is 0 Å². The highest BCUT2D eigenvalue weighted by atomic mass is 79.9. The Bertz CT molecular complexity index is 412. The molecule has 1 rings (SSSR count). The third kappa shape index (κ3) is 7.55. The monoisotopic (exact) mass is 336 g/mol. The van der Waals surface area contributed by atoms with E-state index in [0.29, 0.717) is 0 Å². The molecule has 0 saturated carbocycles. The highest BCUT2D eigenvalue weighted by Gasteiger charge is 2.06. The summed E-state index contributed by atoms with van der Waals surface area (Å²) in [4.78, 5) is 0. The molecule has 0 radical (unpaired) electrons. The van der Waals surface area contributed by atoms with Gasteiger partial charge in [0.05, 0.1) is 6.07 Å². The van der Waals surface area contributed by atoms with Crippen LogP contribution in [-0.4, -0.2) is 6.04 Å². The van der Waals surface area contributed by atoms with Crippen LogP contribution in [0.15, 0.2) is 28.7 Å². The molecule has 1 atom stereocenters. The van der Waals surface area contributed by atoms with Crippen molar-refractivity contribution in [2.24, 2.45) is 0 Å². The van der Waals surface area contributed by atoms with Gasteiger partial charge in [0.15, 0.2) is 0 Å². The molecule has 0 saturated heterocycles. The molecule has 110 valence electrons. The summed E-state index contributed by atoms with van der Waals surface area (Å²) in [7, 11) is 0. The molecule has 3 heteroatoms. The van der Waals surface area contributed by atoms with Crippen LogP contribution in [-0.2, 0) is 0 Å². The van der Waals surface area contributed by atoms with Gasteiger partial charge in [-0.15, -0.1) is 0 Å². The molecular weight excluding hydrogens is 312 g/mol. The zero-order chi connectivity index (χ0) is 14.6. The van der Waals surface area contributed by atoms with Crippen LogP contribution in [0.1, 0.15) is 58.3 Å². The van der Waals surface area contributed by atoms with Gasteiger partial charge in [0.2, 0.25) is 0 Å². The molecule has 0 aliphatic rings. The van der Waals surface area contributed by atoms with Crippen molar-refractivity contribution in [1.82, 2.24) is 0 Å². The van der Waals surface area contributed by atoms with Gasteiger partial charge in [-0.3, -0.25) is 0 Å². The number of nitriles is 1. The van der Waals surface area contributed by atoms with Crippen LogP contribution in [0.4, 0.5) is 5.69 Å². The number of unbranched alkanes of at least 4 members (excludes halogenated alkanes) is 6. The molecule has 0 aromatic heterocycles. The average Bonchev–Trinajstić information content (AvgIpc) is 2.45. The first-order chi connectivity index (χ1) is 9.76. The molecule has 0 spiro atoms. The Balaban J connectivity index is 2.19. The molecular formula is C17H25BrN2. The van der Waals surface area contributed by atoms with Crippen molar-refractivity contribution in [1.29, 1.82) is 5.26 Å². The predicted octanol–water partition coefficient (Wildman–Crippen LogP) is 5.89. The largest absolute Gasteiger partial charge is 0.370 e. The van der Waals surface area contributed by atoms with Crippen molar-refractivity contribution in [3.63, 3.8) is 0 Å². The Kier molecular flexibility index (Phi) is 9.15. The number of hydrogen-bond donors (Lipinski definition) is 1. The number of halogens is 1. The summed E-state index contributed by atoms with van der Waals surface area (Å²) in [6.45, 7) is 2.24. The normalized spacial score (nSPS) is 11.8. The zero-order valence-electron chi connectivity index (χ0n) is 12.4. The smallest absolute Gasteiger partial charge is 0.114 e. The van der Waals surface area contributed by atoms with Crippen LogP contribution in [0.3, 0.4) is 0 Å². The summed E-state index contributed by atoms with van der Waals surface area (Å²) in [5.74, 6) is 0. The van der Waals surface area contributed by atoms with Crippen molar-refractivity contribution in [3.8, 4) is 6.07 Å². The SMILES string of the molecule is CCCCCCCCCC(C#N)Nc1cccc(Br)c1. The Morgan fingerprint density at radius 1 is 1.15 bits per heavy atom. The van der Waals surface area contributed by atoms with Crippen molar-refractivity contribution < 1.29 is 0 Å². The van der Waals surface area contributed by atoms with Crippen LogP contribution in [0, 0.1) is 11.3 Å². The minimum Gasteiger partial charge on any atom is -0.370 e. The lowest BCUT2D eigenvalue weighted by Crippen LogP contribution is -2.16. The third-order valence-electron chi connectivity index (χ3n) is 3.42. The van der Waals surface area contributed by atoms with E-state index in [1.807, 2.05) is 24.3 Å². The molecule has 1 N–H and O–H groups in total. The topological polar surface area (TPSA) is 35.8 Å². The van der Waals surface area contributed by atoms with Crippen LogP contribution in [0.5, 0.6) is 0 Å². The number of nitrogens with zero attached hydrogens (tertiary/aromatic N) is 1. The van der Waals surface area contributed by atoms with E-state index in [1.54, 1.807) is 0 Å². The maximum absolute atomic E-state index is 9.21. The number of anilines is 1. The van der Waals surface area contributed by atoms with E-state index in [-0.39, 0.29) is 6.04 Å². The zero-order valence-corrected chi connectivity index (χ0v) is 14.0. The Hall–Kier alpha value is -1.01. The number of benzene rings is 1. The van der Waals surface area contributed by atoms with E-state index in [1.165, 1.54) is 38.5 Å². The van der Waals surface area contributed by atoms with E-state index >= 15 is 0 Å². The summed E-state index contributed by atoms with van der Waals surface area (Å²) in [5.41, 5.74) is 1.01. The van der Waals surface area contributed by atoms with E-state index < -0.39 is 0 Å². The van der Waals surface area contributed by atoms with E-state index in [0.717, 1.165) is 23.0 Å². The van der Waals surface area contributed by atoms with Crippen molar-refractivity contribution in [2.75, 3.05) is 5.32 Å². The molecule has 0 heterocycles. The fraction of sp³-hybridized carbons (Fsp3) is 0.588. The summed E-state index contributed by atoms with van der Waals surface area (Å²) in [6, 6.07) is 10.2. The van der Waals surface area contributed by atoms with E-state index in [2.05, 4.69) is 34.2 Å². The number of rotatable bonds is 10. The van der Waals surface area contributed by atoms with E-state index in [9.17, 15) is 5.26 Å². The van der Waals surface area contributed by atoms with Gasteiger partial charge in [-0.05, 0) is 24.6 Å². The Labute approximate surface area is 131 Å². The maximum Gasteiger partial charge on any atom is 0.114 e. The lowest BCUT2D eigenvalue weighted by Gasteiger charge is -2.13. The van der Waals surface area contributed by atoms with Crippen LogP contribution in [0.2, 0.25) is 0 Å². The molecule has 0 aliphatic carbocycles. The first-order valence-electron chi connectivity index (χ1n) is 7.68. The van der Waals surface area contributed by atoms with E-state index in [4.69, 9.17) is 0 Å². The lowest BCUT2D eigenvalue weighted by atomic mass is 10.1. The molecule has 0 bridgehead atoms. The first kappa shape index (κ1) is 17.0. The summed E-state index contributed by atoms with van der Waals surface area (Å²) < 4.78 is 1.04. The van der Waals surface area contributed by atoms with Gasteiger partial charge in [-0.2, -0.15) is 5.26 Å². The number of nitrogens with one attached hydrogen (secondary N) is 1. The second kappa shape index (κ2) is 10.7. The summed E-state index contributed by atoms with van der Waals surface area (Å²) >= 11 is 3.44.